The number of amides is 1. The fraction of sp³-hybridized carbons (Fsp3) is 0.933. The van der Waals surface area contributed by atoms with Gasteiger partial charge in [0.2, 0.25) is 0 Å². The van der Waals surface area contributed by atoms with E-state index < -0.39 is 5.60 Å². The predicted octanol–water partition coefficient (Wildman–Crippen LogP) is 2.87. The second-order valence-corrected chi connectivity index (χ2v) is 7.87. The van der Waals surface area contributed by atoms with Crippen molar-refractivity contribution in [3.05, 3.63) is 0 Å². The van der Waals surface area contributed by atoms with E-state index in [2.05, 4.69) is 11.6 Å². The van der Waals surface area contributed by atoms with Gasteiger partial charge in [-0.05, 0) is 52.7 Å². The molecule has 2 saturated heterocycles. The fourth-order valence-electron chi connectivity index (χ4n) is 3.32. The smallest absolute Gasteiger partial charge is 0.410 e. The van der Waals surface area contributed by atoms with Gasteiger partial charge in [-0.3, -0.25) is 0 Å². The van der Waals surface area contributed by atoms with E-state index in [0.29, 0.717) is 18.1 Å². The first-order valence-electron chi connectivity index (χ1n) is 7.64. The molecule has 0 saturated carbocycles. The zero-order valence-corrected chi connectivity index (χ0v) is 14.0. The summed E-state index contributed by atoms with van der Waals surface area (Å²) in [5.41, 5.74) is -0.399. The van der Waals surface area contributed by atoms with Gasteiger partial charge in [0.15, 0.2) is 0 Å². The van der Waals surface area contributed by atoms with Gasteiger partial charge in [-0.15, -0.1) is 0 Å². The first-order chi connectivity index (χ1) is 9.40. The minimum absolute atomic E-state index is 0.118. The largest absolute Gasteiger partial charge is 0.444 e. The summed E-state index contributed by atoms with van der Waals surface area (Å²) in [7, 11) is 0. The fourth-order valence-corrected chi connectivity index (χ4v) is 3.64. The Balaban J connectivity index is 1.88. The van der Waals surface area contributed by atoms with Crippen LogP contribution >= 0.6 is 11.8 Å². The summed E-state index contributed by atoms with van der Waals surface area (Å²) in [5.74, 6) is 1.15. The second kappa shape index (κ2) is 6.56. The summed E-state index contributed by atoms with van der Waals surface area (Å²) in [6, 6.07) is 1.31. The zero-order valence-electron chi connectivity index (χ0n) is 13.1. The van der Waals surface area contributed by atoms with Gasteiger partial charge in [-0.25, -0.2) is 4.79 Å². The quantitative estimate of drug-likeness (QED) is 0.811. The number of thioether (sulfide) groups is 1. The van der Waals surface area contributed by atoms with Crippen molar-refractivity contribution in [3.63, 3.8) is 0 Å². The van der Waals surface area contributed by atoms with Crippen LogP contribution in [0.4, 0.5) is 4.79 Å². The maximum Gasteiger partial charge on any atom is 0.410 e. The van der Waals surface area contributed by atoms with Crippen molar-refractivity contribution in [1.29, 1.82) is 0 Å². The van der Waals surface area contributed by atoms with Gasteiger partial charge in [-0.1, -0.05) is 0 Å². The molecular weight excluding hydrogens is 272 g/mol. The van der Waals surface area contributed by atoms with E-state index in [0.717, 1.165) is 38.0 Å². The van der Waals surface area contributed by atoms with Gasteiger partial charge in [0.25, 0.3) is 0 Å². The topological polar surface area (TPSA) is 41.6 Å². The standard InChI is InChI=1S/C15H28N2O2S/c1-15(2,3)19-14(18)17-12-5-6-13(17)10-11(9-12)16-7-8-20-4/h11-13,16H,5-10H2,1-4H3. The van der Waals surface area contributed by atoms with Crippen molar-refractivity contribution < 1.29 is 9.53 Å². The molecular formula is C15H28N2O2S. The summed E-state index contributed by atoms with van der Waals surface area (Å²) in [6.45, 7) is 6.87. The molecule has 2 fully saturated rings. The van der Waals surface area contributed by atoms with E-state index in [9.17, 15) is 4.79 Å². The van der Waals surface area contributed by atoms with Crippen molar-refractivity contribution in [2.45, 2.75) is 70.2 Å². The normalized spacial score (nSPS) is 29.6. The summed E-state index contributed by atoms with van der Waals surface area (Å²) >= 11 is 1.87. The van der Waals surface area contributed by atoms with Crippen molar-refractivity contribution >= 4 is 17.9 Å². The molecule has 0 spiro atoms. The Morgan fingerprint density at radius 2 is 1.90 bits per heavy atom. The van der Waals surface area contributed by atoms with Crippen LogP contribution in [0, 0.1) is 0 Å². The third-order valence-corrected chi connectivity index (χ3v) is 4.69. The van der Waals surface area contributed by atoms with Crippen molar-refractivity contribution in [2.75, 3.05) is 18.6 Å². The van der Waals surface area contributed by atoms with Gasteiger partial charge < -0.3 is 15.0 Å². The molecule has 0 radical (unpaired) electrons. The molecule has 1 amide bonds. The number of nitrogens with one attached hydrogen (secondary N) is 1. The van der Waals surface area contributed by atoms with Crippen molar-refractivity contribution in [2.24, 2.45) is 0 Å². The molecule has 2 heterocycles. The van der Waals surface area contributed by atoms with Crippen LogP contribution in [-0.4, -0.2) is 53.3 Å². The molecule has 2 atom stereocenters. The lowest BCUT2D eigenvalue weighted by Crippen LogP contribution is -2.52. The molecule has 2 unspecified atom stereocenters. The number of hydrogen-bond donors (Lipinski definition) is 1. The Morgan fingerprint density at radius 3 is 2.40 bits per heavy atom. The van der Waals surface area contributed by atoms with Crippen molar-refractivity contribution in [1.82, 2.24) is 10.2 Å². The monoisotopic (exact) mass is 300 g/mol. The Labute approximate surface area is 127 Å². The summed E-state index contributed by atoms with van der Waals surface area (Å²) in [5, 5.41) is 3.63. The minimum Gasteiger partial charge on any atom is -0.444 e. The number of piperidine rings is 1. The molecule has 1 N–H and O–H groups in total. The average Bonchev–Trinajstić information content (AvgIpc) is 2.60. The van der Waals surface area contributed by atoms with Gasteiger partial charge in [-0.2, -0.15) is 11.8 Å². The number of rotatable bonds is 4. The van der Waals surface area contributed by atoms with E-state index in [4.69, 9.17) is 4.74 Å². The molecule has 2 rings (SSSR count). The molecule has 0 aromatic rings. The number of ether oxygens (including phenoxy) is 1. The van der Waals surface area contributed by atoms with E-state index in [1.54, 1.807) is 0 Å². The highest BCUT2D eigenvalue weighted by Gasteiger charge is 2.44. The first-order valence-corrected chi connectivity index (χ1v) is 9.03. The number of fused-ring (bicyclic) bond motifs is 2. The summed E-state index contributed by atoms with van der Waals surface area (Å²) in [6.07, 6.45) is 6.42. The molecule has 2 aliphatic heterocycles. The Morgan fingerprint density at radius 1 is 1.30 bits per heavy atom. The van der Waals surface area contributed by atoms with E-state index in [1.807, 2.05) is 37.4 Å². The highest BCUT2D eigenvalue weighted by atomic mass is 32.2. The Bertz CT molecular complexity index is 329. The molecule has 20 heavy (non-hydrogen) atoms. The molecule has 2 aliphatic rings. The molecule has 0 aromatic heterocycles. The minimum atomic E-state index is -0.399. The number of hydrogen-bond acceptors (Lipinski definition) is 4. The number of carbonyl (C=O) groups excluding carboxylic acids is 1. The Hall–Kier alpha value is -0.420. The summed E-state index contributed by atoms with van der Waals surface area (Å²) < 4.78 is 5.56. The lowest BCUT2D eigenvalue weighted by Gasteiger charge is -2.39. The Kier molecular flexibility index (Phi) is 5.24. The number of nitrogens with zero attached hydrogens (tertiary/aromatic N) is 1. The average molecular weight is 300 g/mol. The second-order valence-electron chi connectivity index (χ2n) is 6.89. The predicted molar refractivity (Wildman–Crippen MR) is 84.3 cm³/mol. The van der Waals surface area contributed by atoms with Gasteiger partial charge in [0.1, 0.15) is 5.60 Å². The van der Waals surface area contributed by atoms with Gasteiger partial charge in [0, 0.05) is 30.4 Å². The summed E-state index contributed by atoms with van der Waals surface area (Å²) in [4.78, 5) is 14.3. The molecule has 0 aliphatic carbocycles. The van der Waals surface area contributed by atoms with Crippen LogP contribution in [0.2, 0.25) is 0 Å². The van der Waals surface area contributed by atoms with Crippen molar-refractivity contribution in [3.8, 4) is 0 Å². The highest BCUT2D eigenvalue weighted by Crippen LogP contribution is 2.36. The number of carbonyl (C=O) groups is 1. The van der Waals surface area contributed by atoms with E-state index in [1.165, 1.54) is 0 Å². The molecule has 2 bridgehead atoms. The van der Waals surface area contributed by atoms with E-state index in [-0.39, 0.29) is 6.09 Å². The van der Waals surface area contributed by atoms with Crippen LogP contribution < -0.4 is 5.32 Å². The zero-order chi connectivity index (χ0) is 14.8. The lowest BCUT2D eigenvalue weighted by atomic mass is 9.98. The highest BCUT2D eigenvalue weighted by molar-refractivity contribution is 7.98. The van der Waals surface area contributed by atoms with Gasteiger partial charge >= 0.3 is 6.09 Å². The molecule has 0 aromatic carbocycles. The maximum absolute atomic E-state index is 12.3. The maximum atomic E-state index is 12.3. The van der Waals surface area contributed by atoms with Crippen LogP contribution in [-0.2, 0) is 4.74 Å². The van der Waals surface area contributed by atoms with Crippen LogP contribution in [0.3, 0.4) is 0 Å². The van der Waals surface area contributed by atoms with Crippen LogP contribution in [0.5, 0.6) is 0 Å². The molecule has 116 valence electrons. The third kappa shape index (κ3) is 4.04. The third-order valence-electron chi connectivity index (χ3n) is 4.08. The van der Waals surface area contributed by atoms with Crippen LogP contribution in [0.15, 0.2) is 0 Å². The lowest BCUT2D eigenvalue weighted by molar-refractivity contribution is 0.00483. The van der Waals surface area contributed by atoms with Crippen LogP contribution in [0.25, 0.3) is 0 Å². The molecule has 5 heteroatoms. The van der Waals surface area contributed by atoms with E-state index >= 15 is 0 Å². The SMILES string of the molecule is CSCCNC1CC2CCC(C1)N2C(=O)OC(C)(C)C. The first kappa shape index (κ1) is 16.0. The van der Waals surface area contributed by atoms with Crippen LogP contribution in [0.1, 0.15) is 46.5 Å². The van der Waals surface area contributed by atoms with Gasteiger partial charge in [0.05, 0.1) is 0 Å². The molecule has 4 nitrogen and oxygen atoms in total.